The van der Waals surface area contributed by atoms with Crippen molar-refractivity contribution in [3.8, 4) is 0 Å². The minimum absolute atomic E-state index is 0.365. The minimum atomic E-state index is -0.398. The van der Waals surface area contributed by atoms with Crippen molar-refractivity contribution in [3.63, 3.8) is 0 Å². The van der Waals surface area contributed by atoms with Gasteiger partial charge in [0.1, 0.15) is 5.83 Å². The molecule has 0 saturated heterocycles. The van der Waals surface area contributed by atoms with Crippen LogP contribution < -0.4 is 0 Å². The Morgan fingerprint density at radius 3 is 2.45 bits per heavy atom. The number of allylic oxidation sites excluding steroid dienone is 2. The summed E-state index contributed by atoms with van der Waals surface area (Å²) in [6, 6.07) is 0. The van der Waals surface area contributed by atoms with Crippen molar-refractivity contribution >= 4 is 5.71 Å². The molecule has 11 heavy (non-hydrogen) atoms. The van der Waals surface area contributed by atoms with E-state index >= 15 is 0 Å². The second-order valence-electron chi connectivity index (χ2n) is 2.64. The van der Waals surface area contributed by atoms with Crippen LogP contribution in [0.25, 0.3) is 0 Å². The van der Waals surface area contributed by atoms with Crippen LogP contribution in [0.5, 0.6) is 0 Å². The van der Waals surface area contributed by atoms with Crippen molar-refractivity contribution in [2.45, 2.75) is 20.8 Å². The highest BCUT2D eigenvalue weighted by atomic mass is 19.1. The zero-order valence-corrected chi connectivity index (χ0v) is 7.26. The molecular weight excluding hydrogens is 141 g/mol. The van der Waals surface area contributed by atoms with Gasteiger partial charge in [0.05, 0.1) is 6.20 Å². The molecule has 0 aromatic rings. The van der Waals surface area contributed by atoms with Crippen LogP contribution in [-0.4, -0.2) is 5.71 Å². The molecule has 0 atom stereocenters. The summed E-state index contributed by atoms with van der Waals surface area (Å²) in [5.41, 5.74) is 0.919. The van der Waals surface area contributed by atoms with Crippen LogP contribution in [0.4, 0.5) is 4.39 Å². The first-order chi connectivity index (χ1) is 5.07. The Kier molecular flexibility index (Phi) is 4.42. The summed E-state index contributed by atoms with van der Waals surface area (Å²) in [5, 5.41) is 0. The van der Waals surface area contributed by atoms with Crippen molar-refractivity contribution in [2.75, 3.05) is 0 Å². The molecule has 0 fully saturated rings. The van der Waals surface area contributed by atoms with Gasteiger partial charge in [0.15, 0.2) is 0 Å². The third kappa shape index (κ3) is 4.48. The summed E-state index contributed by atoms with van der Waals surface area (Å²) in [4.78, 5) is 3.90. The van der Waals surface area contributed by atoms with Gasteiger partial charge in [-0.2, -0.15) is 0 Å². The number of nitrogens with zero attached hydrogens (tertiary/aromatic N) is 1. The lowest BCUT2D eigenvalue weighted by molar-refractivity contribution is 0.664. The third-order valence-electron chi connectivity index (χ3n) is 1.42. The van der Waals surface area contributed by atoms with E-state index in [0.717, 1.165) is 11.8 Å². The Balaban J connectivity index is 4.22. The fraction of sp³-hybridized carbons (Fsp3) is 0.444. The molecule has 0 spiro atoms. The molecule has 2 heteroatoms. The summed E-state index contributed by atoms with van der Waals surface area (Å²) < 4.78 is 12.4. The first kappa shape index (κ1) is 10.1. The summed E-state index contributed by atoms with van der Waals surface area (Å²) in [6.45, 7) is 9.17. The van der Waals surface area contributed by atoms with E-state index in [-0.39, 0.29) is 0 Å². The van der Waals surface area contributed by atoms with Gasteiger partial charge in [-0.3, -0.25) is 4.99 Å². The van der Waals surface area contributed by atoms with E-state index < -0.39 is 5.83 Å². The Morgan fingerprint density at radius 1 is 1.55 bits per heavy atom. The highest BCUT2D eigenvalue weighted by Crippen LogP contribution is 2.00. The lowest BCUT2D eigenvalue weighted by Crippen LogP contribution is -2.00. The summed E-state index contributed by atoms with van der Waals surface area (Å²) >= 11 is 0. The Morgan fingerprint density at radius 2 is 2.09 bits per heavy atom. The van der Waals surface area contributed by atoms with Crippen molar-refractivity contribution in [3.05, 3.63) is 24.7 Å². The van der Waals surface area contributed by atoms with Gasteiger partial charge in [0.25, 0.3) is 0 Å². The van der Waals surface area contributed by atoms with Crippen LogP contribution in [0.3, 0.4) is 0 Å². The summed E-state index contributed by atoms with van der Waals surface area (Å²) in [7, 11) is 0. The first-order valence-electron chi connectivity index (χ1n) is 3.60. The van der Waals surface area contributed by atoms with Crippen LogP contribution in [0, 0.1) is 5.92 Å². The zero-order chi connectivity index (χ0) is 8.85. The SMILES string of the molecule is C=C/C(F)=C\N=C(C)C(C)C. The van der Waals surface area contributed by atoms with Crippen LogP contribution in [0.2, 0.25) is 0 Å². The summed E-state index contributed by atoms with van der Waals surface area (Å²) in [5.74, 6) is -0.0335. The first-order valence-corrected chi connectivity index (χ1v) is 3.60. The molecule has 0 radical (unpaired) electrons. The van der Waals surface area contributed by atoms with E-state index in [1.165, 1.54) is 6.20 Å². The third-order valence-corrected chi connectivity index (χ3v) is 1.42. The normalized spacial score (nSPS) is 13.9. The van der Waals surface area contributed by atoms with Gasteiger partial charge >= 0.3 is 0 Å². The molecule has 0 amide bonds. The van der Waals surface area contributed by atoms with Gasteiger partial charge in [-0.25, -0.2) is 4.39 Å². The topological polar surface area (TPSA) is 12.4 Å². The lowest BCUT2D eigenvalue weighted by Gasteiger charge is -1.99. The van der Waals surface area contributed by atoms with E-state index in [1.807, 2.05) is 20.8 Å². The van der Waals surface area contributed by atoms with E-state index in [9.17, 15) is 4.39 Å². The van der Waals surface area contributed by atoms with Gasteiger partial charge in [-0.1, -0.05) is 20.4 Å². The molecule has 0 aliphatic carbocycles. The van der Waals surface area contributed by atoms with Gasteiger partial charge in [0.2, 0.25) is 0 Å². The minimum Gasteiger partial charge on any atom is -0.263 e. The predicted octanol–water partition coefficient (Wildman–Crippen LogP) is 3.10. The number of aliphatic imine (C=N–C) groups is 1. The van der Waals surface area contributed by atoms with Crippen molar-refractivity contribution in [1.82, 2.24) is 0 Å². The van der Waals surface area contributed by atoms with Crippen molar-refractivity contribution in [1.29, 1.82) is 0 Å². The quantitative estimate of drug-likeness (QED) is 0.438. The molecular formula is C9H14FN. The molecule has 0 bridgehead atoms. The molecule has 0 aliphatic heterocycles. The molecule has 0 aliphatic rings. The van der Waals surface area contributed by atoms with Crippen LogP contribution in [-0.2, 0) is 0 Å². The smallest absolute Gasteiger partial charge is 0.140 e. The maximum Gasteiger partial charge on any atom is 0.140 e. The largest absolute Gasteiger partial charge is 0.263 e. The number of hydrogen-bond donors (Lipinski definition) is 0. The van der Waals surface area contributed by atoms with Gasteiger partial charge < -0.3 is 0 Å². The average Bonchev–Trinajstić information content (AvgIpc) is 1.99. The molecule has 0 rings (SSSR count). The van der Waals surface area contributed by atoms with Crippen molar-refractivity contribution in [2.24, 2.45) is 10.9 Å². The summed E-state index contributed by atoms with van der Waals surface area (Å²) in [6.07, 6.45) is 2.32. The molecule has 0 unspecified atom stereocenters. The lowest BCUT2D eigenvalue weighted by atomic mass is 10.1. The number of hydrogen-bond acceptors (Lipinski definition) is 1. The molecule has 62 valence electrons. The molecule has 0 heterocycles. The zero-order valence-electron chi connectivity index (χ0n) is 7.26. The molecule has 0 aromatic carbocycles. The van der Waals surface area contributed by atoms with E-state index in [0.29, 0.717) is 5.92 Å². The maximum atomic E-state index is 12.4. The van der Waals surface area contributed by atoms with Gasteiger partial charge in [0, 0.05) is 5.71 Å². The van der Waals surface area contributed by atoms with Crippen molar-refractivity contribution < 1.29 is 4.39 Å². The van der Waals surface area contributed by atoms with Gasteiger partial charge in [-0.15, -0.1) is 0 Å². The second-order valence-corrected chi connectivity index (χ2v) is 2.64. The van der Waals surface area contributed by atoms with E-state index in [4.69, 9.17) is 0 Å². The van der Waals surface area contributed by atoms with Crippen LogP contribution >= 0.6 is 0 Å². The molecule has 0 N–H and O–H groups in total. The maximum absolute atomic E-state index is 12.4. The van der Waals surface area contributed by atoms with Crippen LogP contribution in [0.15, 0.2) is 29.7 Å². The molecule has 0 saturated carbocycles. The highest BCUT2D eigenvalue weighted by Gasteiger charge is 1.95. The number of rotatable bonds is 3. The Labute approximate surface area is 67.3 Å². The highest BCUT2D eigenvalue weighted by molar-refractivity contribution is 5.84. The van der Waals surface area contributed by atoms with E-state index in [2.05, 4.69) is 11.6 Å². The monoisotopic (exact) mass is 155 g/mol. The molecule has 1 nitrogen and oxygen atoms in total. The molecule has 0 aromatic heterocycles. The van der Waals surface area contributed by atoms with Crippen LogP contribution in [0.1, 0.15) is 20.8 Å². The number of halogens is 1. The predicted molar refractivity (Wildman–Crippen MR) is 47.3 cm³/mol. The standard InChI is InChI=1S/C9H14FN/c1-5-9(10)6-11-8(4)7(2)3/h5-7H,1H2,2-4H3/b9-6+,11-8?. The van der Waals surface area contributed by atoms with Gasteiger partial charge in [-0.05, 0) is 18.9 Å². The Hall–Kier alpha value is -0.920. The second kappa shape index (κ2) is 4.83. The average molecular weight is 155 g/mol. The Bertz CT molecular complexity index is 190. The fourth-order valence-corrected chi connectivity index (χ4v) is 0.365. The van der Waals surface area contributed by atoms with E-state index in [1.54, 1.807) is 0 Å². The fourth-order valence-electron chi connectivity index (χ4n) is 0.365.